The van der Waals surface area contributed by atoms with Crippen LogP contribution < -0.4 is 0 Å². The lowest BCUT2D eigenvalue weighted by atomic mass is 9.88. The van der Waals surface area contributed by atoms with E-state index in [9.17, 15) is 4.79 Å². The molecule has 0 aliphatic carbocycles. The van der Waals surface area contributed by atoms with Crippen LogP contribution in [0.1, 0.15) is 59.3 Å². The first kappa shape index (κ1) is 15.9. The molecule has 0 aromatic carbocycles. The quantitative estimate of drug-likeness (QED) is 0.429. The Hall–Kier alpha value is -0.0800. The second kappa shape index (κ2) is 9.00. The molecule has 0 aliphatic rings. The number of hydrogen-bond acceptors (Lipinski definition) is 2. The van der Waals surface area contributed by atoms with Gasteiger partial charge < -0.3 is 4.74 Å². The van der Waals surface area contributed by atoms with Crippen molar-refractivity contribution >= 4 is 16.8 Å². The third-order valence-corrected chi connectivity index (χ3v) is 3.23. The van der Waals surface area contributed by atoms with Gasteiger partial charge in [-0.3, -0.25) is 4.79 Å². The molecule has 0 N–H and O–H groups in total. The maximum atomic E-state index is 11.0. The van der Waals surface area contributed by atoms with E-state index in [1.54, 1.807) is 0 Å². The summed E-state index contributed by atoms with van der Waals surface area (Å²) in [6.07, 6.45) is 6.49. The van der Waals surface area contributed by atoms with E-state index in [-0.39, 0.29) is 10.7 Å². The molecule has 0 aliphatic heterocycles. The first-order chi connectivity index (χ1) is 7.50. The van der Waals surface area contributed by atoms with Crippen LogP contribution in [0.25, 0.3) is 0 Å². The van der Waals surface area contributed by atoms with Gasteiger partial charge in [0, 0.05) is 18.6 Å². The number of hydrogen-bond donors (Lipinski definition) is 0. The Morgan fingerprint density at radius 2 is 1.75 bits per heavy atom. The van der Waals surface area contributed by atoms with Gasteiger partial charge in [0.25, 0.3) is 0 Å². The third-order valence-electron chi connectivity index (χ3n) is 2.72. The van der Waals surface area contributed by atoms with E-state index in [0.29, 0.717) is 0 Å². The zero-order valence-corrected chi connectivity index (χ0v) is 11.6. The lowest BCUT2D eigenvalue weighted by molar-refractivity contribution is -0.119. The molecule has 0 spiro atoms. The van der Waals surface area contributed by atoms with Gasteiger partial charge in [0.15, 0.2) is 0 Å². The van der Waals surface area contributed by atoms with Crippen molar-refractivity contribution < 1.29 is 9.53 Å². The molecular weight excluding hydrogens is 224 g/mol. The fourth-order valence-electron chi connectivity index (χ4n) is 1.47. The summed E-state index contributed by atoms with van der Waals surface area (Å²) in [6.45, 7) is 7.67. The average molecular weight is 249 g/mol. The normalized spacial score (nSPS) is 11.8. The summed E-state index contributed by atoms with van der Waals surface area (Å²) in [5.74, 6) is 0. The predicted octanol–water partition coefficient (Wildman–Crippen LogP) is 4.16. The van der Waals surface area contributed by atoms with E-state index in [1.807, 2.05) is 13.8 Å². The van der Waals surface area contributed by atoms with Crippen LogP contribution >= 0.6 is 11.6 Å². The van der Waals surface area contributed by atoms with Gasteiger partial charge in [-0.2, -0.15) is 0 Å². The molecular formula is C13H25ClO2. The first-order valence-corrected chi connectivity index (χ1v) is 6.66. The van der Waals surface area contributed by atoms with E-state index in [2.05, 4.69) is 6.92 Å². The zero-order chi connectivity index (χ0) is 12.4. The number of ether oxygens (including phenoxy) is 1. The maximum absolute atomic E-state index is 11.0. The van der Waals surface area contributed by atoms with Gasteiger partial charge in [-0.05, 0) is 30.9 Å². The second-order valence-corrected chi connectivity index (χ2v) is 5.28. The standard InChI is InChI=1S/C13H25ClO2/c1-4-10-16-11-8-6-5-7-9-13(2,3)12(14)15/h4-11H2,1-3H3. The minimum Gasteiger partial charge on any atom is -0.381 e. The van der Waals surface area contributed by atoms with Crippen molar-refractivity contribution in [1.82, 2.24) is 0 Å². The highest BCUT2D eigenvalue weighted by atomic mass is 35.5. The minimum atomic E-state index is -0.361. The number of rotatable bonds is 10. The van der Waals surface area contributed by atoms with Crippen molar-refractivity contribution in [3.8, 4) is 0 Å². The molecule has 0 heterocycles. The highest BCUT2D eigenvalue weighted by molar-refractivity contribution is 6.64. The Morgan fingerprint density at radius 3 is 2.31 bits per heavy atom. The molecule has 0 fully saturated rings. The summed E-state index contributed by atoms with van der Waals surface area (Å²) in [5.41, 5.74) is -0.361. The number of carbonyl (C=O) groups is 1. The zero-order valence-electron chi connectivity index (χ0n) is 10.9. The van der Waals surface area contributed by atoms with Crippen LogP contribution in [0.5, 0.6) is 0 Å². The monoisotopic (exact) mass is 248 g/mol. The number of unbranched alkanes of at least 4 members (excludes halogenated alkanes) is 3. The van der Waals surface area contributed by atoms with Crippen molar-refractivity contribution in [2.45, 2.75) is 59.3 Å². The summed E-state index contributed by atoms with van der Waals surface area (Å²) in [7, 11) is 0. The fourth-order valence-corrected chi connectivity index (χ4v) is 1.56. The Bertz CT molecular complexity index is 190. The van der Waals surface area contributed by atoms with Gasteiger partial charge in [0.05, 0.1) is 0 Å². The van der Waals surface area contributed by atoms with E-state index < -0.39 is 0 Å². The van der Waals surface area contributed by atoms with E-state index >= 15 is 0 Å². The predicted molar refractivity (Wildman–Crippen MR) is 68.8 cm³/mol. The second-order valence-electron chi connectivity index (χ2n) is 4.93. The molecule has 16 heavy (non-hydrogen) atoms. The highest BCUT2D eigenvalue weighted by Crippen LogP contribution is 2.26. The van der Waals surface area contributed by atoms with Crippen LogP contribution in [0.4, 0.5) is 0 Å². The summed E-state index contributed by atoms with van der Waals surface area (Å²) in [6, 6.07) is 0. The topological polar surface area (TPSA) is 26.3 Å². The molecule has 0 aromatic rings. The molecule has 3 heteroatoms. The molecule has 96 valence electrons. The SMILES string of the molecule is CCCOCCCCCCC(C)(C)C(=O)Cl. The largest absolute Gasteiger partial charge is 0.381 e. The first-order valence-electron chi connectivity index (χ1n) is 6.28. The van der Waals surface area contributed by atoms with Crippen LogP contribution in [0.15, 0.2) is 0 Å². The van der Waals surface area contributed by atoms with Crippen LogP contribution in [-0.2, 0) is 9.53 Å². The van der Waals surface area contributed by atoms with E-state index in [1.165, 1.54) is 6.42 Å². The highest BCUT2D eigenvalue weighted by Gasteiger charge is 2.24. The summed E-state index contributed by atoms with van der Waals surface area (Å²) >= 11 is 5.51. The van der Waals surface area contributed by atoms with Gasteiger partial charge in [0.1, 0.15) is 0 Å². The van der Waals surface area contributed by atoms with Crippen LogP contribution in [0, 0.1) is 5.41 Å². The lowest BCUT2D eigenvalue weighted by Crippen LogP contribution is -2.19. The van der Waals surface area contributed by atoms with Crippen LogP contribution in [0.3, 0.4) is 0 Å². The molecule has 0 saturated carbocycles. The van der Waals surface area contributed by atoms with Crippen molar-refractivity contribution in [2.24, 2.45) is 5.41 Å². The van der Waals surface area contributed by atoms with Gasteiger partial charge in [0.2, 0.25) is 5.24 Å². The minimum absolute atomic E-state index is 0.223. The van der Waals surface area contributed by atoms with Crippen LogP contribution in [-0.4, -0.2) is 18.5 Å². The smallest absolute Gasteiger partial charge is 0.227 e. The van der Waals surface area contributed by atoms with E-state index in [4.69, 9.17) is 16.3 Å². The summed E-state index contributed by atoms with van der Waals surface area (Å²) in [4.78, 5) is 11.0. The molecule has 0 rings (SSSR count). The molecule has 0 saturated heterocycles. The number of carbonyl (C=O) groups excluding carboxylic acids is 1. The molecule has 0 bridgehead atoms. The van der Waals surface area contributed by atoms with Gasteiger partial charge >= 0.3 is 0 Å². The Balaban J connectivity index is 3.30. The van der Waals surface area contributed by atoms with Crippen molar-refractivity contribution in [2.75, 3.05) is 13.2 Å². The van der Waals surface area contributed by atoms with E-state index in [0.717, 1.165) is 45.3 Å². The van der Waals surface area contributed by atoms with Gasteiger partial charge in [-0.25, -0.2) is 0 Å². The van der Waals surface area contributed by atoms with Crippen molar-refractivity contribution in [1.29, 1.82) is 0 Å². The Morgan fingerprint density at radius 1 is 1.12 bits per heavy atom. The summed E-state index contributed by atoms with van der Waals surface area (Å²) in [5, 5.41) is -0.223. The fraction of sp³-hybridized carbons (Fsp3) is 0.923. The Labute approximate surface area is 105 Å². The number of halogens is 1. The van der Waals surface area contributed by atoms with Gasteiger partial charge in [-0.15, -0.1) is 0 Å². The van der Waals surface area contributed by atoms with Crippen molar-refractivity contribution in [3.05, 3.63) is 0 Å². The molecule has 0 aromatic heterocycles. The summed E-state index contributed by atoms with van der Waals surface area (Å²) < 4.78 is 5.39. The Kier molecular flexibility index (Phi) is 8.96. The van der Waals surface area contributed by atoms with Gasteiger partial charge in [-0.1, -0.05) is 40.0 Å². The molecule has 2 nitrogen and oxygen atoms in total. The maximum Gasteiger partial charge on any atom is 0.227 e. The molecule has 0 amide bonds. The molecule has 0 radical (unpaired) electrons. The average Bonchev–Trinajstić information content (AvgIpc) is 2.21. The third kappa shape index (κ3) is 8.12. The van der Waals surface area contributed by atoms with Crippen LogP contribution in [0.2, 0.25) is 0 Å². The molecule has 0 atom stereocenters. The molecule has 0 unspecified atom stereocenters. The lowest BCUT2D eigenvalue weighted by Gasteiger charge is -2.18. The van der Waals surface area contributed by atoms with Crippen molar-refractivity contribution in [3.63, 3.8) is 0 Å².